The van der Waals surface area contributed by atoms with Crippen LogP contribution in [0.4, 0.5) is 13.2 Å². The van der Waals surface area contributed by atoms with E-state index in [9.17, 15) is 23.1 Å². The Labute approximate surface area is 140 Å². The molecule has 0 fully saturated rings. The Hall–Kier alpha value is -2.68. The maximum absolute atomic E-state index is 12.7. The summed E-state index contributed by atoms with van der Waals surface area (Å²) in [6.07, 6.45) is -4.40. The summed E-state index contributed by atoms with van der Waals surface area (Å²) in [6, 6.07) is 4.74. The number of aromatic nitrogens is 4. The second-order valence-electron chi connectivity index (χ2n) is 5.72. The molecule has 0 aliphatic rings. The van der Waals surface area contributed by atoms with Crippen LogP contribution < -0.4 is 5.56 Å². The Morgan fingerprint density at radius 3 is 2.48 bits per heavy atom. The molecule has 0 amide bonds. The molecular formula is C16H15F3N4O2. The molecule has 0 saturated carbocycles. The van der Waals surface area contributed by atoms with Crippen LogP contribution in [0.2, 0.25) is 0 Å². The van der Waals surface area contributed by atoms with Crippen LogP contribution in [0, 0.1) is 6.92 Å². The molecule has 0 radical (unpaired) electrons. The van der Waals surface area contributed by atoms with Crippen LogP contribution in [0.3, 0.4) is 0 Å². The molecule has 0 aliphatic carbocycles. The Kier molecular flexibility index (Phi) is 4.11. The van der Waals surface area contributed by atoms with Gasteiger partial charge in [-0.25, -0.2) is 9.50 Å². The first kappa shape index (κ1) is 17.2. The number of hydrogen-bond donors (Lipinski definition) is 2. The third-order valence-corrected chi connectivity index (χ3v) is 3.99. The number of H-pyrrole nitrogens is 1. The zero-order valence-corrected chi connectivity index (χ0v) is 13.4. The highest BCUT2D eigenvalue weighted by Crippen LogP contribution is 2.31. The lowest BCUT2D eigenvalue weighted by atomic mass is 9.99. The van der Waals surface area contributed by atoms with Crippen molar-refractivity contribution in [3.05, 3.63) is 63.1 Å². The molecule has 3 aromatic rings. The van der Waals surface area contributed by atoms with E-state index in [1.807, 2.05) is 0 Å². The monoisotopic (exact) mass is 352 g/mol. The van der Waals surface area contributed by atoms with Crippen LogP contribution in [-0.4, -0.2) is 24.7 Å². The maximum atomic E-state index is 12.7. The average Bonchev–Trinajstić information content (AvgIpc) is 2.92. The third-order valence-electron chi connectivity index (χ3n) is 3.99. The van der Waals surface area contributed by atoms with Crippen molar-refractivity contribution in [1.29, 1.82) is 0 Å². The van der Waals surface area contributed by atoms with Crippen LogP contribution in [0.15, 0.2) is 29.1 Å². The van der Waals surface area contributed by atoms with E-state index in [-0.39, 0.29) is 11.2 Å². The van der Waals surface area contributed by atoms with Gasteiger partial charge in [0.05, 0.1) is 17.9 Å². The van der Waals surface area contributed by atoms with Crippen LogP contribution in [0.1, 0.15) is 41.3 Å². The van der Waals surface area contributed by atoms with Crippen molar-refractivity contribution in [2.75, 3.05) is 0 Å². The molecule has 0 spiro atoms. The Morgan fingerprint density at radius 2 is 1.92 bits per heavy atom. The Bertz CT molecular complexity index is 974. The van der Waals surface area contributed by atoms with E-state index < -0.39 is 29.8 Å². The number of aromatic amines is 1. The summed E-state index contributed by atoms with van der Waals surface area (Å²) in [5.41, 5.74) is -0.290. The van der Waals surface area contributed by atoms with E-state index in [0.717, 1.165) is 12.1 Å². The lowest BCUT2D eigenvalue weighted by Crippen LogP contribution is -2.16. The molecule has 1 aromatic carbocycles. The molecule has 2 aromatic heterocycles. The molecule has 6 nitrogen and oxygen atoms in total. The highest BCUT2D eigenvalue weighted by molar-refractivity contribution is 5.51. The first-order chi connectivity index (χ1) is 11.7. The second-order valence-corrected chi connectivity index (χ2v) is 5.72. The number of rotatable bonds is 3. The molecule has 0 unspecified atom stereocenters. The van der Waals surface area contributed by atoms with Gasteiger partial charge in [-0.15, -0.1) is 0 Å². The van der Waals surface area contributed by atoms with Crippen LogP contribution in [-0.2, 0) is 12.8 Å². The molecule has 3 rings (SSSR count). The standard InChI is InChI=1S/C16H15F3N4O2/c1-8(10-3-5-11(6-4-10)16(17,18)19)14-21-12(7-24)13-15(25)20-9(2)22-23(13)14/h3-6,8,24H,7H2,1-2H3,(H,20,22,25)/t8-/m0/s1. The first-order valence-electron chi connectivity index (χ1n) is 7.48. The van der Waals surface area contributed by atoms with Gasteiger partial charge in [-0.1, -0.05) is 19.1 Å². The molecule has 132 valence electrons. The zero-order valence-electron chi connectivity index (χ0n) is 13.4. The van der Waals surface area contributed by atoms with E-state index in [0.29, 0.717) is 17.2 Å². The zero-order chi connectivity index (χ0) is 18.4. The quantitative estimate of drug-likeness (QED) is 0.758. The summed E-state index contributed by atoms with van der Waals surface area (Å²) in [7, 11) is 0. The molecule has 25 heavy (non-hydrogen) atoms. The molecule has 2 heterocycles. The summed E-state index contributed by atoms with van der Waals surface area (Å²) in [6.45, 7) is 2.90. The van der Waals surface area contributed by atoms with E-state index in [1.54, 1.807) is 13.8 Å². The predicted molar refractivity (Wildman–Crippen MR) is 83.2 cm³/mol. The van der Waals surface area contributed by atoms with E-state index in [4.69, 9.17) is 0 Å². The fourth-order valence-corrected chi connectivity index (χ4v) is 2.70. The van der Waals surface area contributed by atoms with Crippen molar-refractivity contribution in [3.8, 4) is 0 Å². The summed E-state index contributed by atoms with van der Waals surface area (Å²) >= 11 is 0. The number of halogens is 3. The van der Waals surface area contributed by atoms with E-state index in [1.165, 1.54) is 16.6 Å². The van der Waals surface area contributed by atoms with Crippen molar-refractivity contribution < 1.29 is 18.3 Å². The van der Waals surface area contributed by atoms with Gasteiger partial charge in [0.25, 0.3) is 5.56 Å². The molecule has 0 aliphatic heterocycles. The van der Waals surface area contributed by atoms with Gasteiger partial charge < -0.3 is 10.1 Å². The maximum Gasteiger partial charge on any atom is 0.416 e. The molecule has 0 saturated heterocycles. The van der Waals surface area contributed by atoms with Gasteiger partial charge in [-0.3, -0.25) is 4.79 Å². The molecule has 9 heteroatoms. The number of aliphatic hydroxyl groups is 1. The van der Waals surface area contributed by atoms with Crippen molar-refractivity contribution >= 4 is 5.52 Å². The van der Waals surface area contributed by atoms with Gasteiger partial charge in [-0.2, -0.15) is 18.3 Å². The number of nitrogens with zero attached hydrogens (tertiary/aromatic N) is 3. The van der Waals surface area contributed by atoms with Crippen molar-refractivity contribution in [2.45, 2.75) is 32.5 Å². The van der Waals surface area contributed by atoms with Gasteiger partial charge in [-0.05, 0) is 24.6 Å². The lowest BCUT2D eigenvalue weighted by Gasteiger charge is -2.12. The summed E-state index contributed by atoms with van der Waals surface area (Å²) < 4.78 is 39.4. The topological polar surface area (TPSA) is 83.3 Å². The number of benzene rings is 1. The lowest BCUT2D eigenvalue weighted by molar-refractivity contribution is -0.137. The molecule has 2 N–H and O–H groups in total. The minimum absolute atomic E-state index is 0.127. The third kappa shape index (κ3) is 3.02. The Balaban J connectivity index is 2.11. The SMILES string of the molecule is Cc1nn2c([C@@H](C)c3ccc(C(F)(F)F)cc3)nc(CO)c2c(=O)[nH]1. The van der Waals surface area contributed by atoms with Crippen LogP contribution in [0.25, 0.3) is 5.52 Å². The minimum Gasteiger partial charge on any atom is -0.390 e. The summed E-state index contributed by atoms with van der Waals surface area (Å²) in [5, 5.41) is 13.7. The van der Waals surface area contributed by atoms with Gasteiger partial charge in [0.15, 0.2) is 5.52 Å². The molecule has 1 atom stereocenters. The largest absolute Gasteiger partial charge is 0.416 e. The Morgan fingerprint density at radius 1 is 1.28 bits per heavy atom. The number of aliphatic hydroxyl groups excluding tert-OH is 1. The van der Waals surface area contributed by atoms with Gasteiger partial charge in [0, 0.05) is 5.92 Å². The highest BCUT2D eigenvalue weighted by Gasteiger charge is 2.30. The van der Waals surface area contributed by atoms with E-state index in [2.05, 4.69) is 15.1 Å². The number of nitrogens with one attached hydrogen (secondary N) is 1. The minimum atomic E-state index is -4.40. The highest BCUT2D eigenvalue weighted by atomic mass is 19.4. The fourth-order valence-electron chi connectivity index (χ4n) is 2.70. The number of fused-ring (bicyclic) bond motifs is 1. The number of hydrogen-bond acceptors (Lipinski definition) is 4. The van der Waals surface area contributed by atoms with Gasteiger partial charge >= 0.3 is 6.18 Å². The molecule has 0 bridgehead atoms. The van der Waals surface area contributed by atoms with Crippen molar-refractivity contribution in [2.24, 2.45) is 0 Å². The summed E-state index contributed by atoms with van der Waals surface area (Å²) in [4.78, 5) is 18.9. The van der Waals surface area contributed by atoms with E-state index >= 15 is 0 Å². The fraction of sp³-hybridized carbons (Fsp3) is 0.312. The normalized spacial score (nSPS) is 13.4. The van der Waals surface area contributed by atoms with Crippen LogP contribution >= 0.6 is 0 Å². The van der Waals surface area contributed by atoms with Gasteiger partial charge in [0.1, 0.15) is 11.6 Å². The molecular weight excluding hydrogens is 337 g/mol. The van der Waals surface area contributed by atoms with Gasteiger partial charge in [0.2, 0.25) is 0 Å². The first-order valence-corrected chi connectivity index (χ1v) is 7.48. The summed E-state index contributed by atoms with van der Waals surface area (Å²) in [5.74, 6) is 0.303. The average molecular weight is 352 g/mol. The van der Waals surface area contributed by atoms with Crippen molar-refractivity contribution in [1.82, 2.24) is 19.6 Å². The predicted octanol–water partition coefficient (Wildman–Crippen LogP) is 2.39. The second kappa shape index (κ2) is 5.99. The van der Waals surface area contributed by atoms with Crippen molar-refractivity contribution in [3.63, 3.8) is 0 Å². The number of imidazole rings is 1. The smallest absolute Gasteiger partial charge is 0.390 e. The van der Waals surface area contributed by atoms with Crippen LogP contribution in [0.5, 0.6) is 0 Å². The number of alkyl halides is 3. The number of aryl methyl sites for hydroxylation is 1.